The molecule has 1 aliphatic carbocycles. The molecule has 1 fully saturated rings. The van der Waals surface area contributed by atoms with Crippen LogP contribution in [-0.4, -0.2) is 26.9 Å². The lowest BCUT2D eigenvalue weighted by atomic mass is 9.82. The number of halogens is 1. The molecule has 0 aromatic heterocycles. The summed E-state index contributed by atoms with van der Waals surface area (Å²) in [7, 11) is 5.51. The molecule has 1 unspecified atom stereocenters. The van der Waals surface area contributed by atoms with Crippen molar-refractivity contribution in [1.82, 2.24) is 5.32 Å². The summed E-state index contributed by atoms with van der Waals surface area (Å²) in [6, 6.07) is 5.87. The average Bonchev–Trinajstić information content (AvgIpc) is 2.75. The predicted octanol–water partition coefficient (Wildman–Crippen LogP) is 4.35. The van der Waals surface area contributed by atoms with Crippen LogP contribution in [-0.2, 0) is 4.74 Å². The normalized spacial score (nSPS) is 19.8. The summed E-state index contributed by atoms with van der Waals surface area (Å²) < 4.78 is 11.6. The molecular weight excluding hydrogens is 286 g/mol. The van der Waals surface area contributed by atoms with Crippen molar-refractivity contribution in [3.8, 4) is 5.75 Å². The fourth-order valence-corrected chi connectivity index (χ4v) is 3.75. The Bertz CT molecular complexity index is 456. The molecule has 1 N–H and O–H groups in total. The first kappa shape index (κ1) is 16.6. The van der Waals surface area contributed by atoms with Crippen LogP contribution in [0.4, 0.5) is 0 Å². The monoisotopic (exact) mass is 311 g/mol. The minimum absolute atomic E-state index is 0.0780. The van der Waals surface area contributed by atoms with Crippen LogP contribution in [0.1, 0.15) is 50.1 Å². The summed E-state index contributed by atoms with van der Waals surface area (Å²) >= 11 is 6.21. The highest BCUT2D eigenvalue weighted by Gasteiger charge is 2.40. The molecule has 2 rings (SSSR count). The van der Waals surface area contributed by atoms with Crippen LogP contribution < -0.4 is 10.1 Å². The second-order valence-corrected chi connectivity index (χ2v) is 6.23. The van der Waals surface area contributed by atoms with Crippen molar-refractivity contribution in [2.75, 3.05) is 21.3 Å². The molecular formula is C17H26ClNO2. The Kier molecular flexibility index (Phi) is 5.91. The number of hydrogen-bond acceptors (Lipinski definition) is 3. The van der Waals surface area contributed by atoms with Gasteiger partial charge in [0.25, 0.3) is 0 Å². The molecule has 0 bridgehead atoms. The van der Waals surface area contributed by atoms with E-state index in [1.807, 2.05) is 32.4 Å². The van der Waals surface area contributed by atoms with Gasteiger partial charge in [-0.25, -0.2) is 0 Å². The first-order valence-electron chi connectivity index (χ1n) is 7.72. The van der Waals surface area contributed by atoms with E-state index in [9.17, 15) is 0 Å². The van der Waals surface area contributed by atoms with Crippen LogP contribution in [0.2, 0.25) is 5.02 Å². The summed E-state index contributed by atoms with van der Waals surface area (Å²) in [5.41, 5.74) is 0.889. The Hall–Kier alpha value is -0.770. The summed E-state index contributed by atoms with van der Waals surface area (Å²) in [5, 5.41) is 4.17. The Morgan fingerprint density at radius 3 is 2.33 bits per heavy atom. The van der Waals surface area contributed by atoms with Crippen LogP contribution in [0.3, 0.4) is 0 Å². The molecule has 1 aliphatic rings. The summed E-state index contributed by atoms with van der Waals surface area (Å²) in [6.45, 7) is 0. The quantitative estimate of drug-likeness (QED) is 0.820. The highest BCUT2D eigenvalue weighted by Crippen LogP contribution is 2.43. The topological polar surface area (TPSA) is 30.5 Å². The maximum Gasteiger partial charge on any atom is 0.123 e. The van der Waals surface area contributed by atoms with Crippen molar-refractivity contribution < 1.29 is 9.47 Å². The molecule has 1 aromatic rings. The maximum atomic E-state index is 6.21. The standard InChI is InChI=1S/C17H26ClNO2/c1-19-16(14-12-13(18)8-9-15(14)20-2)17(21-3)10-6-4-5-7-11-17/h8-9,12,16,19H,4-7,10-11H2,1-3H3. The number of nitrogens with one attached hydrogen (secondary N) is 1. The molecule has 21 heavy (non-hydrogen) atoms. The fraction of sp³-hybridized carbons (Fsp3) is 0.647. The van der Waals surface area contributed by atoms with Gasteiger partial charge in [0.1, 0.15) is 5.75 Å². The van der Waals surface area contributed by atoms with Crippen LogP contribution in [0.5, 0.6) is 5.75 Å². The molecule has 4 heteroatoms. The Morgan fingerprint density at radius 2 is 1.81 bits per heavy atom. The van der Waals surface area contributed by atoms with Gasteiger partial charge in [-0.2, -0.15) is 0 Å². The number of ether oxygens (including phenoxy) is 2. The van der Waals surface area contributed by atoms with Crippen LogP contribution in [0, 0.1) is 0 Å². The highest BCUT2D eigenvalue weighted by atomic mass is 35.5. The summed E-state index contributed by atoms with van der Waals surface area (Å²) in [4.78, 5) is 0. The van der Waals surface area contributed by atoms with Gasteiger partial charge in [-0.3, -0.25) is 0 Å². The molecule has 0 radical (unpaired) electrons. The lowest BCUT2D eigenvalue weighted by molar-refractivity contribution is -0.0527. The zero-order chi connectivity index (χ0) is 15.3. The van der Waals surface area contributed by atoms with Crippen molar-refractivity contribution in [1.29, 1.82) is 0 Å². The summed E-state index contributed by atoms with van der Waals surface area (Å²) in [6.07, 6.45) is 7.10. The molecule has 0 amide bonds. The van der Waals surface area contributed by atoms with E-state index >= 15 is 0 Å². The van der Waals surface area contributed by atoms with Gasteiger partial charge in [0.05, 0.1) is 18.8 Å². The average molecular weight is 312 g/mol. The molecule has 1 atom stereocenters. The van der Waals surface area contributed by atoms with Crippen molar-refractivity contribution in [2.24, 2.45) is 0 Å². The molecule has 0 saturated heterocycles. The number of hydrogen-bond donors (Lipinski definition) is 1. The van der Waals surface area contributed by atoms with Gasteiger partial charge >= 0.3 is 0 Å². The van der Waals surface area contributed by atoms with Crippen LogP contribution >= 0.6 is 11.6 Å². The molecule has 3 nitrogen and oxygen atoms in total. The maximum absolute atomic E-state index is 6.21. The van der Waals surface area contributed by atoms with E-state index in [0.29, 0.717) is 0 Å². The Morgan fingerprint density at radius 1 is 1.14 bits per heavy atom. The number of benzene rings is 1. The van der Waals surface area contributed by atoms with Gasteiger partial charge in [-0.1, -0.05) is 37.3 Å². The smallest absolute Gasteiger partial charge is 0.123 e. The first-order chi connectivity index (χ1) is 10.2. The van der Waals surface area contributed by atoms with Crippen LogP contribution in [0.25, 0.3) is 0 Å². The van der Waals surface area contributed by atoms with Crippen molar-refractivity contribution in [3.63, 3.8) is 0 Å². The van der Waals surface area contributed by atoms with E-state index < -0.39 is 0 Å². The lowest BCUT2D eigenvalue weighted by Gasteiger charge is -2.40. The molecule has 1 saturated carbocycles. The van der Waals surface area contributed by atoms with Gasteiger partial charge in [-0.05, 0) is 38.1 Å². The second-order valence-electron chi connectivity index (χ2n) is 5.79. The highest BCUT2D eigenvalue weighted by molar-refractivity contribution is 6.30. The van der Waals surface area contributed by atoms with E-state index in [4.69, 9.17) is 21.1 Å². The Balaban J connectivity index is 2.43. The van der Waals surface area contributed by atoms with Crippen molar-refractivity contribution >= 4 is 11.6 Å². The predicted molar refractivity (Wildman–Crippen MR) is 87.2 cm³/mol. The number of rotatable bonds is 5. The molecule has 1 aromatic carbocycles. The third-order valence-corrected chi connectivity index (χ3v) is 4.91. The Labute approximate surface area is 133 Å². The number of methoxy groups -OCH3 is 2. The van der Waals surface area contributed by atoms with Gasteiger partial charge in [0.2, 0.25) is 0 Å². The van der Waals surface area contributed by atoms with Gasteiger partial charge in [-0.15, -0.1) is 0 Å². The van der Waals surface area contributed by atoms with E-state index in [-0.39, 0.29) is 11.6 Å². The van der Waals surface area contributed by atoms with Gasteiger partial charge in [0, 0.05) is 17.7 Å². The van der Waals surface area contributed by atoms with Crippen molar-refractivity contribution in [2.45, 2.75) is 50.2 Å². The zero-order valence-corrected chi connectivity index (χ0v) is 14.0. The molecule has 0 heterocycles. The van der Waals surface area contributed by atoms with Gasteiger partial charge in [0.15, 0.2) is 0 Å². The zero-order valence-electron chi connectivity index (χ0n) is 13.2. The molecule has 0 aliphatic heterocycles. The second kappa shape index (κ2) is 7.48. The van der Waals surface area contributed by atoms with Gasteiger partial charge < -0.3 is 14.8 Å². The largest absolute Gasteiger partial charge is 0.496 e. The van der Waals surface area contributed by atoms with E-state index in [2.05, 4.69) is 5.32 Å². The molecule has 118 valence electrons. The van der Waals surface area contributed by atoms with Crippen LogP contribution in [0.15, 0.2) is 18.2 Å². The fourth-order valence-electron chi connectivity index (χ4n) is 3.57. The lowest BCUT2D eigenvalue weighted by Crippen LogP contribution is -2.44. The van der Waals surface area contributed by atoms with E-state index in [1.54, 1.807) is 7.11 Å². The minimum Gasteiger partial charge on any atom is -0.496 e. The molecule has 0 spiro atoms. The first-order valence-corrected chi connectivity index (χ1v) is 8.10. The third-order valence-electron chi connectivity index (χ3n) is 4.67. The van der Waals surface area contributed by atoms with E-state index in [1.165, 1.54) is 25.7 Å². The third kappa shape index (κ3) is 3.53. The summed E-state index contributed by atoms with van der Waals surface area (Å²) in [5.74, 6) is 0.861. The number of likely N-dealkylation sites (N-methyl/N-ethyl adjacent to an activating group) is 1. The van der Waals surface area contributed by atoms with Crippen molar-refractivity contribution in [3.05, 3.63) is 28.8 Å². The SMILES string of the molecule is CNC(c1cc(Cl)ccc1OC)C1(OC)CCCCCC1. The minimum atomic E-state index is -0.191. The van der Waals surface area contributed by atoms with E-state index in [0.717, 1.165) is 29.2 Å².